The largest absolute Gasteiger partial charge is 0.310 e. The second kappa shape index (κ2) is 7.31. The lowest BCUT2D eigenvalue weighted by Gasteiger charge is -2.16. The molecule has 0 amide bonds. The van der Waals surface area contributed by atoms with E-state index in [1.807, 2.05) is 18.3 Å². The summed E-state index contributed by atoms with van der Waals surface area (Å²) in [6.45, 7) is 5.41. The van der Waals surface area contributed by atoms with Crippen LogP contribution in [0, 0.1) is 0 Å². The van der Waals surface area contributed by atoms with E-state index in [4.69, 9.17) is 0 Å². The van der Waals surface area contributed by atoms with E-state index in [1.54, 1.807) is 11.8 Å². The van der Waals surface area contributed by atoms with Gasteiger partial charge in [-0.15, -0.1) is 0 Å². The third-order valence-electron chi connectivity index (χ3n) is 2.93. The van der Waals surface area contributed by atoms with E-state index in [0.29, 0.717) is 6.04 Å². The Labute approximate surface area is 119 Å². The number of benzene rings is 1. The van der Waals surface area contributed by atoms with E-state index < -0.39 is 0 Å². The molecule has 1 aromatic carbocycles. The number of pyridine rings is 1. The summed E-state index contributed by atoms with van der Waals surface area (Å²) in [5.74, 6) is 0. The van der Waals surface area contributed by atoms with Crippen LogP contribution in [0.3, 0.4) is 0 Å². The van der Waals surface area contributed by atoms with E-state index in [0.717, 1.165) is 18.0 Å². The van der Waals surface area contributed by atoms with Crippen molar-refractivity contribution in [2.75, 3.05) is 6.54 Å². The Balaban J connectivity index is 2.16. The SMILES string of the molecule is CCCNC(C)c1cccnc1Sc1ccccc1. The minimum absolute atomic E-state index is 0.333. The summed E-state index contributed by atoms with van der Waals surface area (Å²) in [6, 6.07) is 14.9. The van der Waals surface area contributed by atoms with Gasteiger partial charge in [-0.2, -0.15) is 0 Å². The van der Waals surface area contributed by atoms with Gasteiger partial charge < -0.3 is 5.32 Å². The lowest BCUT2D eigenvalue weighted by atomic mass is 10.1. The van der Waals surface area contributed by atoms with Crippen molar-refractivity contribution in [3.05, 3.63) is 54.2 Å². The predicted octanol–water partition coefficient (Wildman–Crippen LogP) is 4.29. The van der Waals surface area contributed by atoms with Crippen LogP contribution in [0.15, 0.2) is 58.6 Å². The van der Waals surface area contributed by atoms with Gasteiger partial charge >= 0.3 is 0 Å². The van der Waals surface area contributed by atoms with Gasteiger partial charge in [0.2, 0.25) is 0 Å². The van der Waals surface area contributed by atoms with Crippen LogP contribution >= 0.6 is 11.8 Å². The Morgan fingerprint density at radius 1 is 1.16 bits per heavy atom. The van der Waals surface area contributed by atoms with Gasteiger partial charge in [-0.3, -0.25) is 0 Å². The molecule has 0 aliphatic carbocycles. The predicted molar refractivity (Wildman–Crippen MR) is 81.5 cm³/mol. The zero-order chi connectivity index (χ0) is 13.5. The van der Waals surface area contributed by atoms with E-state index in [2.05, 4.69) is 54.5 Å². The van der Waals surface area contributed by atoms with Crippen LogP contribution in [0.4, 0.5) is 0 Å². The molecule has 0 saturated heterocycles. The molecule has 0 radical (unpaired) electrons. The van der Waals surface area contributed by atoms with Gasteiger partial charge in [0, 0.05) is 22.7 Å². The highest BCUT2D eigenvalue weighted by Crippen LogP contribution is 2.31. The minimum atomic E-state index is 0.333. The Morgan fingerprint density at radius 3 is 2.68 bits per heavy atom. The van der Waals surface area contributed by atoms with Crippen molar-refractivity contribution in [2.45, 2.75) is 36.2 Å². The van der Waals surface area contributed by atoms with Crippen molar-refractivity contribution < 1.29 is 0 Å². The molecule has 0 aliphatic heterocycles. The van der Waals surface area contributed by atoms with Crippen molar-refractivity contribution in [3.63, 3.8) is 0 Å². The third kappa shape index (κ3) is 4.08. The molecule has 1 aromatic heterocycles. The van der Waals surface area contributed by atoms with Gasteiger partial charge in [0.25, 0.3) is 0 Å². The maximum atomic E-state index is 4.53. The molecular weight excluding hydrogens is 252 g/mol. The second-order valence-corrected chi connectivity index (χ2v) is 5.55. The van der Waals surface area contributed by atoms with Gasteiger partial charge in [-0.25, -0.2) is 4.98 Å². The normalized spacial score (nSPS) is 12.3. The fourth-order valence-electron chi connectivity index (χ4n) is 1.89. The van der Waals surface area contributed by atoms with Gasteiger partial charge in [-0.05, 0) is 38.1 Å². The van der Waals surface area contributed by atoms with E-state index in [9.17, 15) is 0 Å². The van der Waals surface area contributed by atoms with Crippen LogP contribution in [-0.4, -0.2) is 11.5 Å². The molecule has 0 bridgehead atoms. The molecule has 2 rings (SSSR count). The Morgan fingerprint density at radius 2 is 1.95 bits per heavy atom. The van der Waals surface area contributed by atoms with Crippen LogP contribution in [0.1, 0.15) is 31.9 Å². The van der Waals surface area contributed by atoms with Crippen molar-refractivity contribution in [3.8, 4) is 0 Å². The summed E-state index contributed by atoms with van der Waals surface area (Å²) in [4.78, 5) is 5.75. The van der Waals surface area contributed by atoms with Crippen molar-refractivity contribution in [1.82, 2.24) is 10.3 Å². The Bertz CT molecular complexity index is 499. The fourth-order valence-corrected chi connectivity index (χ4v) is 2.88. The minimum Gasteiger partial charge on any atom is -0.310 e. The third-order valence-corrected chi connectivity index (χ3v) is 3.97. The summed E-state index contributed by atoms with van der Waals surface area (Å²) in [6.07, 6.45) is 3.01. The average molecular weight is 272 g/mol. The molecule has 0 aliphatic rings. The number of nitrogens with zero attached hydrogens (tertiary/aromatic N) is 1. The fraction of sp³-hybridized carbons (Fsp3) is 0.312. The first kappa shape index (κ1) is 14.1. The van der Waals surface area contributed by atoms with Crippen LogP contribution < -0.4 is 5.32 Å². The average Bonchev–Trinajstić information content (AvgIpc) is 2.46. The maximum absolute atomic E-state index is 4.53. The lowest BCUT2D eigenvalue weighted by molar-refractivity contribution is 0.560. The molecule has 0 saturated carbocycles. The van der Waals surface area contributed by atoms with E-state index in [1.165, 1.54) is 10.5 Å². The molecule has 2 nitrogen and oxygen atoms in total. The molecule has 19 heavy (non-hydrogen) atoms. The maximum Gasteiger partial charge on any atom is 0.105 e. The first-order valence-corrected chi connectivity index (χ1v) is 7.54. The first-order chi connectivity index (χ1) is 9.31. The molecule has 0 spiro atoms. The number of rotatable bonds is 6. The highest BCUT2D eigenvalue weighted by Gasteiger charge is 2.11. The standard InChI is InChI=1S/C16H20N2S/c1-3-11-17-13(2)15-10-7-12-18-16(15)19-14-8-5-4-6-9-14/h4-10,12-13,17H,3,11H2,1-2H3. The summed E-state index contributed by atoms with van der Waals surface area (Å²) in [5.41, 5.74) is 1.27. The lowest BCUT2D eigenvalue weighted by Crippen LogP contribution is -2.20. The van der Waals surface area contributed by atoms with Crippen molar-refractivity contribution in [1.29, 1.82) is 0 Å². The number of hydrogen-bond donors (Lipinski definition) is 1. The summed E-state index contributed by atoms with van der Waals surface area (Å²) >= 11 is 1.72. The van der Waals surface area contributed by atoms with Gasteiger partial charge in [0.15, 0.2) is 0 Å². The Kier molecular flexibility index (Phi) is 5.43. The number of aromatic nitrogens is 1. The summed E-state index contributed by atoms with van der Waals surface area (Å²) in [5, 5.41) is 4.61. The molecule has 1 atom stereocenters. The molecule has 100 valence electrons. The molecule has 1 heterocycles. The molecule has 1 N–H and O–H groups in total. The van der Waals surface area contributed by atoms with Crippen molar-refractivity contribution >= 4 is 11.8 Å². The van der Waals surface area contributed by atoms with Crippen LogP contribution in [0.25, 0.3) is 0 Å². The second-order valence-electron chi connectivity index (χ2n) is 4.49. The topological polar surface area (TPSA) is 24.9 Å². The van der Waals surface area contributed by atoms with Crippen LogP contribution in [0.2, 0.25) is 0 Å². The molecule has 3 heteroatoms. The molecule has 0 fully saturated rings. The summed E-state index contributed by atoms with van der Waals surface area (Å²) in [7, 11) is 0. The highest BCUT2D eigenvalue weighted by molar-refractivity contribution is 7.99. The van der Waals surface area contributed by atoms with E-state index >= 15 is 0 Å². The molecular formula is C16H20N2S. The van der Waals surface area contributed by atoms with Crippen LogP contribution in [-0.2, 0) is 0 Å². The van der Waals surface area contributed by atoms with Gasteiger partial charge in [0.1, 0.15) is 5.03 Å². The monoisotopic (exact) mass is 272 g/mol. The van der Waals surface area contributed by atoms with Gasteiger partial charge in [-0.1, -0.05) is 43.0 Å². The first-order valence-electron chi connectivity index (χ1n) is 6.72. The molecule has 2 aromatic rings. The van der Waals surface area contributed by atoms with Crippen LogP contribution in [0.5, 0.6) is 0 Å². The zero-order valence-corrected chi connectivity index (χ0v) is 12.3. The quantitative estimate of drug-likeness (QED) is 0.849. The Hall–Kier alpha value is -1.32. The highest BCUT2D eigenvalue weighted by atomic mass is 32.2. The smallest absolute Gasteiger partial charge is 0.105 e. The van der Waals surface area contributed by atoms with Crippen molar-refractivity contribution in [2.24, 2.45) is 0 Å². The number of hydrogen-bond acceptors (Lipinski definition) is 3. The van der Waals surface area contributed by atoms with Gasteiger partial charge in [0.05, 0.1) is 0 Å². The van der Waals surface area contributed by atoms with E-state index in [-0.39, 0.29) is 0 Å². The summed E-state index contributed by atoms with van der Waals surface area (Å²) < 4.78 is 0. The zero-order valence-electron chi connectivity index (χ0n) is 11.5. The molecule has 1 unspecified atom stereocenters. The number of nitrogens with one attached hydrogen (secondary N) is 1.